The van der Waals surface area contributed by atoms with Crippen molar-refractivity contribution in [2.24, 2.45) is 0 Å². The predicted molar refractivity (Wildman–Crippen MR) is 79.2 cm³/mol. The summed E-state index contributed by atoms with van der Waals surface area (Å²) in [5.74, 6) is 0.820. The maximum Gasteiger partial charge on any atom is 0.258 e. The van der Waals surface area contributed by atoms with Gasteiger partial charge in [0.15, 0.2) is 12.4 Å². The molecule has 3 rings (SSSR count). The van der Waals surface area contributed by atoms with Crippen LogP contribution in [0.25, 0.3) is 0 Å². The summed E-state index contributed by atoms with van der Waals surface area (Å²) in [4.78, 5) is 16.5. The van der Waals surface area contributed by atoms with Gasteiger partial charge in [0.25, 0.3) is 5.91 Å². The van der Waals surface area contributed by atoms with Gasteiger partial charge >= 0.3 is 0 Å². The van der Waals surface area contributed by atoms with E-state index in [0.717, 1.165) is 25.7 Å². The van der Waals surface area contributed by atoms with E-state index >= 15 is 0 Å². The van der Waals surface area contributed by atoms with Gasteiger partial charge in [-0.05, 0) is 37.1 Å². The molecule has 0 aliphatic heterocycles. The van der Waals surface area contributed by atoms with Gasteiger partial charge in [-0.15, -0.1) is 0 Å². The number of aromatic nitrogens is 2. The largest absolute Gasteiger partial charge is 0.484 e. The van der Waals surface area contributed by atoms with Crippen molar-refractivity contribution in [3.63, 3.8) is 0 Å². The molecule has 122 valence electrons. The lowest BCUT2D eigenvalue weighted by Gasteiger charge is -2.26. The first-order chi connectivity index (χ1) is 11.1. The Morgan fingerprint density at radius 1 is 1.35 bits per heavy atom. The molecule has 0 saturated heterocycles. The Morgan fingerprint density at radius 3 is 2.65 bits per heavy atom. The van der Waals surface area contributed by atoms with E-state index < -0.39 is 5.54 Å². The Bertz CT molecular complexity index is 678. The number of ether oxygens (including phenoxy) is 1. The van der Waals surface area contributed by atoms with Crippen molar-refractivity contribution in [1.29, 1.82) is 0 Å². The van der Waals surface area contributed by atoms with Crippen molar-refractivity contribution < 1.29 is 18.4 Å². The van der Waals surface area contributed by atoms with Gasteiger partial charge in [0, 0.05) is 6.92 Å². The standard InChI is InChI=1S/C16H18FN3O3/c1-11-18-15(20-23-11)16(8-2-3-9-16)19-14(21)10-22-13-6-4-12(17)5-7-13/h4-7H,2-3,8-10H2,1H3,(H,19,21). The second-order valence-electron chi connectivity index (χ2n) is 5.72. The zero-order valence-electron chi connectivity index (χ0n) is 12.8. The normalized spacial score (nSPS) is 16.3. The number of halogens is 1. The molecule has 23 heavy (non-hydrogen) atoms. The van der Waals surface area contributed by atoms with Gasteiger partial charge in [-0.25, -0.2) is 4.39 Å². The summed E-state index contributed by atoms with van der Waals surface area (Å²) in [7, 11) is 0. The first-order valence-corrected chi connectivity index (χ1v) is 7.58. The number of aryl methyl sites for hydroxylation is 1. The molecule has 1 aromatic carbocycles. The highest BCUT2D eigenvalue weighted by Crippen LogP contribution is 2.37. The molecule has 0 bridgehead atoms. The molecule has 1 fully saturated rings. The Kier molecular flexibility index (Phi) is 4.27. The van der Waals surface area contributed by atoms with Crippen LogP contribution >= 0.6 is 0 Å². The predicted octanol–water partition coefficient (Wildman–Crippen LogP) is 2.48. The van der Waals surface area contributed by atoms with Gasteiger partial charge in [0.05, 0.1) is 0 Å². The van der Waals surface area contributed by atoms with Crippen LogP contribution < -0.4 is 10.1 Å². The molecule has 1 heterocycles. The van der Waals surface area contributed by atoms with E-state index in [-0.39, 0.29) is 18.3 Å². The van der Waals surface area contributed by atoms with Gasteiger partial charge in [0.2, 0.25) is 5.89 Å². The van der Waals surface area contributed by atoms with E-state index in [9.17, 15) is 9.18 Å². The Labute approximate surface area is 133 Å². The SMILES string of the molecule is Cc1nc(C2(NC(=O)COc3ccc(F)cc3)CCCC2)no1. The molecule has 1 aliphatic carbocycles. The van der Waals surface area contributed by atoms with Crippen LogP contribution in [0.2, 0.25) is 0 Å². The van der Waals surface area contributed by atoms with Crippen LogP contribution in [0.15, 0.2) is 28.8 Å². The molecule has 0 unspecified atom stereocenters. The molecule has 1 saturated carbocycles. The quantitative estimate of drug-likeness (QED) is 0.916. The number of nitrogens with one attached hydrogen (secondary N) is 1. The Hall–Kier alpha value is -2.44. The van der Waals surface area contributed by atoms with Crippen LogP contribution in [0.4, 0.5) is 4.39 Å². The lowest BCUT2D eigenvalue weighted by Crippen LogP contribution is -2.46. The van der Waals surface area contributed by atoms with Crippen LogP contribution in [0, 0.1) is 12.7 Å². The lowest BCUT2D eigenvalue weighted by atomic mass is 9.96. The average molecular weight is 319 g/mol. The molecule has 0 spiro atoms. The monoisotopic (exact) mass is 319 g/mol. The van der Waals surface area contributed by atoms with Crippen LogP contribution in [0.3, 0.4) is 0 Å². The minimum absolute atomic E-state index is 0.149. The molecule has 6 nitrogen and oxygen atoms in total. The third-order valence-corrected chi connectivity index (χ3v) is 3.97. The van der Waals surface area contributed by atoms with Crippen LogP contribution in [0.5, 0.6) is 5.75 Å². The molecular formula is C16H18FN3O3. The van der Waals surface area contributed by atoms with Gasteiger partial charge < -0.3 is 14.6 Å². The van der Waals surface area contributed by atoms with Gasteiger partial charge in [-0.2, -0.15) is 4.98 Å². The van der Waals surface area contributed by atoms with E-state index in [2.05, 4.69) is 15.5 Å². The van der Waals surface area contributed by atoms with Crippen molar-refractivity contribution in [2.75, 3.05) is 6.61 Å². The summed E-state index contributed by atoms with van der Waals surface area (Å²) in [5.41, 5.74) is -0.582. The Morgan fingerprint density at radius 2 is 2.04 bits per heavy atom. The zero-order valence-corrected chi connectivity index (χ0v) is 12.8. The number of hydrogen-bond acceptors (Lipinski definition) is 5. The van der Waals surface area contributed by atoms with E-state index in [1.165, 1.54) is 24.3 Å². The summed E-state index contributed by atoms with van der Waals surface area (Å²) in [6.45, 7) is 1.57. The number of benzene rings is 1. The first-order valence-electron chi connectivity index (χ1n) is 7.58. The highest BCUT2D eigenvalue weighted by atomic mass is 19.1. The van der Waals surface area contributed by atoms with Gasteiger partial charge in [-0.3, -0.25) is 4.79 Å². The first kappa shape index (κ1) is 15.5. The highest BCUT2D eigenvalue weighted by molar-refractivity contribution is 5.78. The molecule has 0 atom stereocenters. The van der Waals surface area contributed by atoms with Crippen LogP contribution in [-0.4, -0.2) is 22.7 Å². The van der Waals surface area contributed by atoms with Crippen molar-refractivity contribution in [3.05, 3.63) is 41.8 Å². The second-order valence-corrected chi connectivity index (χ2v) is 5.72. The number of amides is 1. The fourth-order valence-corrected chi connectivity index (χ4v) is 2.86. The topological polar surface area (TPSA) is 77.2 Å². The maximum absolute atomic E-state index is 12.8. The molecule has 0 radical (unpaired) electrons. The molecule has 7 heteroatoms. The number of rotatable bonds is 5. The minimum atomic E-state index is -0.582. The summed E-state index contributed by atoms with van der Waals surface area (Å²) < 4.78 is 23.3. The van der Waals surface area contributed by atoms with Crippen molar-refractivity contribution in [2.45, 2.75) is 38.1 Å². The van der Waals surface area contributed by atoms with E-state index in [4.69, 9.17) is 9.26 Å². The molecule has 1 aromatic heterocycles. The number of carbonyl (C=O) groups excluding carboxylic acids is 1. The Balaban J connectivity index is 1.64. The second kappa shape index (κ2) is 6.36. The summed E-state index contributed by atoms with van der Waals surface area (Å²) >= 11 is 0. The lowest BCUT2D eigenvalue weighted by molar-refractivity contribution is -0.125. The smallest absolute Gasteiger partial charge is 0.258 e. The number of hydrogen-bond donors (Lipinski definition) is 1. The number of nitrogens with zero attached hydrogens (tertiary/aromatic N) is 2. The fraction of sp³-hybridized carbons (Fsp3) is 0.438. The third kappa shape index (κ3) is 3.49. The van der Waals surface area contributed by atoms with Crippen molar-refractivity contribution in [1.82, 2.24) is 15.5 Å². The minimum Gasteiger partial charge on any atom is -0.484 e. The molecule has 1 aliphatic rings. The average Bonchev–Trinajstić information content (AvgIpc) is 3.17. The maximum atomic E-state index is 12.8. The van der Waals surface area contributed by atoms with E-state index in [1.807, 2.05) is 0 Å². The van der Waals surface area contributed by atoms with E-state index in [1.54, 1.807) is 6.92 Å². The van der Waals surface area contributed by atoms with Gasteiger partial charge in [0.1, 0.15) is 17.1 Å². The zero-order chi connectivity index (χ0) is 16.3. The van der Waals surface area contributed by atoms with Gasteiger partial charge in [-0.1, -0.05) is 18.0 Å². The third-order valence-electron chi connectivity index (χ3n) is 3.97. The molecular weight excluding hydrogens is 301 g/mol. The summed E-state index contributed by atoms with van der Waals surface area (Å²) in [6, 6.07) is 5.54. The highest BCUT2D eigenvalue weighted by Gasteiger charge is 2.41. The molecule has 2 aromatic rings. The van der Waals surface area contributed by atoms with Crippen LogP contribution in [-0.2, 0) is 10.3 Å². The molecule has 1 amide bonds. The molecule has 1 N–H and O–H groups in total. The number of carbonyl (C=O) groups is 1. The van der Waals surface area contributed by atoms with E-state index in [0.29, 0.717) is 17.5 Å². The van der Waals surface area contributed by atoms with Crippen molar-refractivity contribution in [3.8, 4) is 5.75 Å². The van der Waals surface area contributed by atoms with Crippen LogP contribution in [0.1, 0.15) is 37.4 Å². The summed E-state index contributed by atoms with van der Waals surface area (Å²) in [6.07, 6.45) is 3.53. The summed E-state index contributed by atoms with van der Waals surface area (Å²) in [5, 5.41) is 6.95. The fourth-order valence-electron chi connectivity index (χ4n) is 2.86. The van der Waals surface area contributed by atoms with Crippen molar-refractivity contribution >= 4 is 5.91 Å².